The largest absolute Gasteiger partial charge is 0.314 e. The number of rotatable bonds is 2. The van der Waals surface area contributed by atoms with Crippen LogP contribution in [-0.2, 0) is 0 Å². The van der Waals surface area contributed by atoms with Gasteiger partial charge in [-0.15, -0.1) is 0 Å². The van der Waals surface area contributed by atoms with Crippen LogP contribution >= 0.6 is 15.9 Å². The van der Waals surface area contributed by atoms with E-state index >= 15 is 0 Å². The van der Waals surface area contributed by atoms with Crippen molar-refractivity contribution in [1.82, 2.24) is 10.2 Å². The summed E-state index contributed by atoms with van der Waals surface area (Å²) in [6.07, 6.45) is 0. The van der Waals surface area contributed by atoms with Crippen molar-refractivity contribution in [2.45, 2.75) is 26.8 Å². The summed E-state index contributed by atoms with van der Waals surface area (Å²) >= 11 is 3.33. The fourth-order valence-electron chi connectivity index (χ4n) is 2.87. The molecule has 0 radical (unpaired) electrons. The Kier molecular flexibility index (Phi) is 4.64. The third kappa shape index (κ3) is 3.56. The average Bonchev–Trinajstić information content (AvgIpc) is 2.32. The van der Waals surface area contributed by atoms with Gasteiger partial charge in [0.2, 0.25) is 0 Å². The summed E-state index contributed by atoms with van der Waals surface area (Å²) in [4.78, 5) is 2.39. The Morgan fingerprint density at radius 3 is 2.42 bits per heavy atom. The van der Waals surface area contributed by atoms with Crippen LogP contribution in [0.3, 0.4) is 0 Å². The summed E-state index contributed by atoms with van der Waals surface area (Å²) in [5, 5.41) is 3.35. The number of hydrogen-bond acceptors (Lipinski definition) is 2. The Labute approximate surface area is 123 Å². The van der Waals surface area contributed by atoms with E-state index < -0.39 is 0 Å². The van der Waals surface area contributed by atoms with Crippen molar-refractivity contribution in [2.75, 3.05) is 26.2 Å². The van der Waals surface area contributed by atoms with E-state index in [1.165, 1.54) is 0 Å². The molecule has 0 aromatic heterocycles. The lowest BCUT2D eigenvalue weighted by Crippen LogP contribution is -2.48. The molecule has 106 valence electrons. The average molecular weight is 329 g/mol. The predicted molar refractivity (Wildman–Crippen MR) is 80.7 cm³/mol. The molecular formula is C15H22BrFN2. The summed E-state index contributed by atoms with van der Waals surface area (Å²) in [5.41, 5.74) is 0.809. The summed E-state index contributed by atoms with van der Waals surface area (Å²) in [6, 6.07) is 5.52. The SMILES string of the molecule is CC(C)(C)[C@@H](c1ccc(Br)cc1F)N1CCNCC1. The van der Waals surface area contributed by atoms with Crippen LogP contribution < -0.4 is 5.32 Å². The summed E-state index contributed by atoms with van der Waals surface area (Å²) < 4.78 is 15.1. The first-order valence-electron chi connectivity index (χ1n) is 6.79. The second kappa shape index (κ2) is 5.90. The molecule has 1 aromatic carbocycles. The molecule has 0 amide bonds. The van der Waals surface area contributed by atoms with E-state index in [0.29, 0.717) is 0 Å². The topological polar surface area (TPSA) is 15.3 Å². The standard InChI is InChI=1S/C15H22BrFN2/c1-15(2,3)14(19-8-6-18-7-9-19)12-5-4-11(16)10-13(12)17/h4-5,10,14,18H,6-9H2,1-3H3/t14-/m1/s1. The summed E-state index contributed by atoms with van der Waals surface area (Å²) in [6.45, 7) is 10.4. The van der Waals surface area contributed by atoms with E-state index in [9.17, 15) is 4.39 Å². The Balaban J connectivity index is 2.36. The van der Waals surface area contributed by atoms with E-state index in [0.717, 1.165) is 36.2 Å². The van der Waals surface area contributed by atoms with Crippen molar-refractivity contribution < 1.29 is 4.39 Å². The van der Waals surface area contributed by atoms with Gasteiger partial charge in [-0.25, -0.2) is 4.39 Å². The first kappa shape index (κ1) is 14.9. The molecule has 1 aromatic rings. The van der Waals surface area contributed by atoms with Gasteiger partial charge in [-0.2, -0.15) is 0 Å². The zero-order valence-electron chi connectivity index (χ0n) is 11.8. The molecule has 1 atom stereocenters. The third-order valence-electron chi connectivity index (χ3n) is 3.59. The number of piperazine rings is 1. The maximum atomic E-state index is 14.3. The fraction of sp³-hybridized carbons (Fsp3) is 0.600. The molecule has 1 fully saturated rings. The van der Waals surface area contributed by atoms with E-state index in [1.807, 2.05) is 12.1 Å². The van der Waals surface area contributed by atoms with Crippen molar-refractivity contribution in [3.05, 3.63) is 34.1 Å². The van der Waals surface area contributed by atoms with Crippen LogP contribution in [0.2, 0.25) is 0 Å². The molecule has 19 heavy (non-hydrogen) atoms. The molecule has 1 aliphatic rings. The van der Waals surface area contributed by atoms with Crippen LogP contribution in [0.1, 0.15) is 32.4 Å². The molecule has 0 saturated carbocycles. The van der Waals surface area contributed by atoms with Crippen LogP contribution in [0.25, 0.3) is 0 Å². The summed E-state index contributed by atoms with van der Waals surface area (Å²) in [5.74, 6) is -0.118. The Morgan fingerprint density at radius 1 is 1.26 bits per heavy atom. The second-order valence-corrected chi connectivity index (χ2v) is 7.14. The molecule has 4 heteroatoms. The number of nitrogens with one attached hydrogen (secondary N) is 1. The van der Waals surface area contributed by atoms with Crippen molar-refractivity contribution in [3.8, 4) is 0 Å². The molecule has 1 N–H and O–H groups in total. The van der Waals surface area contributed by atoms with E-state index in [-0.39, 0.29) is 17.3 Å². The van der Waals surface area contributed by atoms with Gasteiger partial charge in [-0.05, 0) is 17.5 Å². The maximum Gasteiger partial charge on any atom is 0.129 e. The lowest BCUT2D eigenvalue weighted by molar-refractivity contribution is 0.0834. The molecule has 0 spiro atoms. The molecule has 0 unspecified atom stereocenters. The predicted octanol–water partition coefficient (Wildman–Crippen LogP) is 3.58. The smallest absolute Gasteiger partial charge is 0.129 e. The van der Waals surface area contributed by atoms with Crippen molar-refractivity contribution in [3.63, 3.8) is 0 Å². The third-order valence-corrected chi connectivity index (χ3v) is 4.09. The van der Waals surface area contributed by atoms with Crippen molar-refractivity contribution in [1.29, 1.82) is 0 Å². The Bertz CT molecular complexity index is 436. The van der Waals surface area contributed by atoms with Crippen LogP contribution in [0, 0.1) is 11.2 Å². The maximum absolute atomic E-state index is 14.3. The van der Waals surface area contributed by atoms with Crippen LogP contribution in [0.4, 0.5) is 4.39 Å². The molecule has 0 aliphatic carbocycles. The minimum absolute atomic E-state index is 0.00596. The van der Waals surface area contributed by atoms with Gasteiger partial charge in [0.05, 0.1) is 0 Å². The minimum atomic E-state index is -0.118. The van der Waals surface area contributed by atoms with Gasteiger partial charge in [0, 0.05) is 42.3 Å². The Hall–Kier alpha value is -0.450. The minimum Gasteiger partial charge on any atom is -0.314 e. The normalized spacial score (nSPS) is 19.4. The van der Waals surface area contributed by atoms with Crippen LogP contribution in [0.5, 0.6) is 0 Å². The van der Waals surface area contributed by atoms with Crippen molar-refractivity contribution >= 4 is 15.9 Å². The first-order chi connectivity index (χ1) is 8.89. The Morgan fingerprint density at radius 2 is 1.89 bits per heavy atom. The zero-order valence-corrected chi connectivity index (χ0v) is 13.4. The highest BCUT2D eigenvalue weighted by Crippen LogP contribution is 2.39. The van der Waals surface area contributed by atoms with Gasteiger partial charge >= 0.3 is 0 Å². The van der Waals surface area contributed by atoms with Gasteiger partial charge in [0.1, 0.15) is 5.82 Å². The zero-order chi connectivity index (χ0) is 14.0. The molecule has 2 nitrogen and oxygen atoms in total. The molecule has 1 aliphatic heterocycles. The van der Waals surface area contributed by atoms with Gasteiger partial charge in [0.15, 0.2) is 0 Å². The summed E-state index contributed by atoms with van der Waals surface area (Å²) in [7, 11) is 0. The molecule has 1 heterocycles. The lowest BCUT2D eigenvalue weighted by Gasteiger charge is -2.42. The van der Waals surface area contributed by atoms with E-state index in [1.54, 1.807) is 6.07 Å². The van der Waals surface area contributed by atoms with Gasteiger partial charge in [-0.1, -0.05) is 42.8 Å². The first-order valence-corrected chi connectivity index (χ1v) is 7.58. The number of benzene rings is 1. The number of hydrogen-bond donors (Lipinski definition) is 1. The van der Waals surface area contributed by atoms with Gasteiger partial charge in [-0.3, -0.25) is 4.90 Å². The van der Waals surface area contributed by atoms with Gasteiger partial charge < -0.3 is 5.32 Å². The quantitative estimate of drug-likeness (QED) is 0.892. The number of nitrogens with zero attached hydrogens (tertiary/aromatic N) is 1. The lowest BCUT2D eigenvalue weighted by atomic mass is 9.80. The van der Waals surface area contributed by atoms with Gasteiger partial charge in [0.25, 0.3) is 0 Å². The number of halogens is 2. The molecule has 0 bridgehead atoms. The van der Waals surface area contributed by atoms with E-state index in [2.05, 4.69) is 46.9 Å². The molecule has 1 saturated heterocycles. The van der Waals surface area contributed by atoms with E-state index in [4.69, 9.17) is 0 Å². The monoisotopic (exact) mass is 328 g/mol. The highest BCUT2D eigenvalue weighted by molar-refractivity contribution is 9.10. The molecule has 2 rings (SSSR count). The second-order valence-electron chi connectivity index (χ2n) is 6.22. The highest BCUT2D eigenvalue weighted by Gasteiger charge is 2.34. The van der Waals surface area contributed by atoms with Crippen LogP contribution in [-0.4, -0.2) is 31.1 Å². The highest BCUT2D eigenvalue weighted by atomic mass is 79.9. The fourth-order valence-corrected chi connectivity index (χ4v) is 3.21. The molecular weight excluding hydrogens is 307 g/mol. The van der Waals surface area contributed by atoms with Crippen molar-refractivity contribution in [2.24, 2.45) is 5.41 Å². The van der Waals surface area contributed by atoms with Crippen LogP contribution in [0.15, 0.2) is 22.7 Å².